The number of nitrogens with two attached hydrogens (primary N) is 1. The predicted octanol–water partition coefficient (Wildman–Crippen LogP) is 4.48. The fourth-order valence-electron chi connectivity index (χ4n) is 1.79. The Hall–Kier alpha value is -1.51. The van der Waals surface area contributed by atoms with Crippen LogP contribution >= 0.6 is 34.5 Å². The normalized spacial score (nSPS) is 11.5. The van der Waals surface area contributed by atoms with Crippen molar-refractivity contribution in [3.05, 3.63) is 32.6 Å². The van der Waals surface area contributed by atoms with E-state index in [9.17, 15) is 18.0 Å². The number of hydrogen-bond acceptors (Lipinski definition) is 4. The van der Waals surface area contributed by atoms with Gasteiger partial charge in [0.25, 0.3) is 0 Å². The summed E-state index contributed by atoms with van der Waals surface area (Å²) >= 11 is 13.3. The van der Waals surface area contributed by atoms with E-state index in [1.165, 1.54) is 23.5 Å². The van der Waals surface area contributed by atoms with Crippen LogP contribution in [0, 0.1) is 0 Å². The molecule has 0 saturated carbocycles. The van der Waals surface area contributed by atoms with E-state index in [4.69, 9.17) is 33.7 Å². The molecule has 0 aliphatic heterocycles. The zero-order chi connectivity index (χ0) is 17.9. The van der Waals surface area contributed by atoms with Crippen molar-refractivity contribution >= 4 is 40.4 Å². The van der Waals surface area contributed by atoms with Crippen LogP contribution in [0.3, 0.4) is 0 Å². The van der Waals surface area contributed by atoms with Gasteiger partial charge >= 0.3 is 6.18 Å². The summed E-state index contributed by atoms with van der Waals surface area (Å²) in [5, 5.41) is 2.38. The Labute approximate surface area is 149 Å². The second-order valence-corrected chi connectivity index (χ2v) is 6.51. The molecule has 0 radical (unpaired) electrons. The van der Waals surface area contributed by atoms with Gasteiger partial charge in [-0.05, 0) is 12.1 Å². The van der Waals surface area contributed by atoms with Crippen molar-refractivity contribution in [1.29, 1.82) is 0 Å². The van der Waals surface area contributed by atoms with Gasteiger partial charge in [-0.25, -0.2) is 4.98 Å². The van der Waals surface area contributed by atoms with Gasteiger partial charge < -0.3 is 10.5 Å². The number of hydrogen-bond donors (Lipinski definition) is 1. The number of nitrogens with zero attached hydrogens (tertiary/aromatic N) is 1. The first-order valence-electron chi connectivity index (χ1n) is 6.57. The fourth-order valence-corrected chi connectivity index (χ4v) is 3.20. The van der Waals surface area contributed by atoms with Crippen LogP contribution < -0.4 is 10.5 Å². The van der Waals surface area contributed by atoms with Gasteiger partial charge in [-0.1, -0.05) is 23.2 Å². The van der Waals surface area contributed by atoms with E-state index in [2.05, 4.69) is 4.98 Å². The summed E-state index contributed by atoms with van der Waals surface area (Å²) in [6.45, 7) is -0.582. The lowest BCUT2D eigenvalue weighted by atomic mass is 10.1. The largest absolute Gasteiger partial charge is 0.490 e. The second kappa shape index (κ2) is 7.58. The molecule has 2 rings (SSSR count). The van der Waals surface area contributed by atoms with E-state index in [0.29, 0.717) is 16.3 Å². The molecular formula is C14H11Cl2F3N2O2S. The Bertz CT molecular complexity index is 727. The first-order valence-corrected chi connectivity index (χ1v) is 8.21. The molecule has 2 aromatic rings. The SMILES string of the molecule is NC(=O)Cc1nc(-c2cc(Cl)c(OCCC(F)(F)F)c(Cl)c2)cs1. The molecule has 0 saturated heterocycles. The maximum atomic E-state index is 12.2. The van der Waals surface area contributed by atoms with Gasteiger partial charge in [0.05, 0.1) is 35.2 Å². The van der Waals surface area contributed by atoms with E-state index in [1.54, 1.807) is 5.38 Å². The number of amides is 1. The van der Waals surface area contributed by atoms with Gasteiger partial charge in [0.2, 0.25) is 5.91 Å². The van der Waals surface area contributed by atoms with E-state index >= 15 is 0 Å². The number of carbonyl (C=O) groups is 1. The highest BCUT2D eigenvalue weighted by atomic mass is 35.5. The molecule has 0 atom stereocenters. The summed E-state index contributed by atoms with van der Waals surface area (Å²) in [5.74, 6) is -0.515. The molecule has 0 unspecified atom stereocenters. The molecule has 1 aromatic heterocycles. The molecule has 24 heavy (non-hydrogen) atoms. The van der Waals surface area contributed by atoms with Crippen molar-refractivity contribution in [3.8, 4) is 17.0 Å². The molecule has 0 fully saturated rings. The van der Waals surface area contributed by atoms with Gasteiger partial charge in [-0.2, -0.15) is 13.2 Å². The first-order chi connectivity index (χ1) is 11.2. The zero-order valence-electron chi connectivity index (χ0n) is 12.0. The molecule has 4 nitrogen and oxygen atoms in total. The standard InChI is InChI=1S/C14H11Cl2F3N2O2S/c15-8-3-7(10-6-24-12(21-10)5-11(20)22)4-9(16)13(8)23-2-1-14(17,18)19/h3-4,6H,1-2,5H2,(H2,20,22). The van der Waals surface area contributed by atoms with E-state index in [1.807, 2.05) is 0 Å². The minimum atomic E-state index is -4.32. The average Bonchev–Trinajstić information content (AvgIpc) is 2.88. The van der Waals surface area contributed by atoms with Crippen LogP contribution in [0.2, 0.25) is 10.0 Å². The number of thiazole rings is 1. The molecule has 0 aliphatic rings. The van der Waals surface area contributed by atoms with Crippen molar-refractivity contribution in [2.45, 2.75) is 19.0 Å². The summed E-state index contributed by atoms with van der Waals surface area (Å²) in [5.41, 5.74) is 6.19. The van der Waals surface area contributed by atoms with Crippen molar-refractivity contribution in [2.75, 3.05) is 6.61 Å². The third-order valence-electron chi connectivity index (χ3n) is 2.80. The number of alkyl halides is 3. The van der Waals surface area contributed by atoms with Gasteiger partial charge in [0, 0.05) is 10.9 Å². The van der Waals surface area contributed by atoms with Gasteiger partial charge in [0.1, 0.15) is 5.01 Å². The second-order valence-electron chi connectivity index (χ2n) is 4.75. The molecule has 0 spiro atoms. The van der Waals surface area contributed by atoms with Gasteiger partial charge in [-0.15, -0.1) is 11.3 Å². The van der Waals surface area contributed by atoms with E-state index in [0.717, 1.165) is 0 Å². The number of primary amides is 1. The quantitative estimate of drug-likeness (QED) is 0.779. The number of carbonyl (C=O) groups excluding carboxylic acids is 1. The number of halogens is 5. The molecule has 130 valence electrons. The Morgan fingerprint density at radius 2 is 1.92 bits per heavy atom. The molecule has 1 aromatic carbocycles. The lowest BCUT2D eigenvalue weighted by Gasteiger charge is -2.12. The van der Waals surface area contributed by atoms with Crippen molar-refractivity contribution in [1.82, 2.24) is 4.98 Å². The van der Waals surface area contributed by atoms with Crippen LogP contribution in [0.1, 0.15) is 11.4 Å². The Morgan fingerprint density at radius 3 is 2.46 bits per heavy atom. The minimum absolute atomic E-state index is 0.0149. The van der Waals surface area contributed by atoms with Crippen LogP contribution in [-0.2, 0) is 11.2 Å². The fraction of sp³-hybridized carbons (Fsp3) is 0.286. The molecule has 1 heterocycles. The van der Waals surface area contributed by atoms with Crippen LogP contribution in [0.5, 0.6) is 5.75 Å². The summed E-state index contributed by atoms with van der Waals surface area (Å²) in [6, 6.07) is 2.97. The van der Waals surface area contributed by atoms with E-state index in [-0.39, 0.29) is 22.2 Å². The van der Waals surface area contributed by atoms with Crippen molar-refractivity contribution < 1.29 is 22.7 Å². The summed E-state index contributed by atoms with van der Waals surface area (Å²) in [7, 11) is 0. The van der Waals surface area contributed by atoms with Crippen LogP contribution in [-0.4, -0.2) is 23.7 Å². The lowest BCUT2D eigenvalue weighted by Crippen LogP contribution is -2.13. The molecular weight excluding hydrogens is 388 g/mol. The molecule has 2 N–H and O–H groups in total. The highest BCUT2D eigenvalue weighted by molar-refractivity contribution is 7.10. The van der Waals surface area contributed by atoms with Crippen LogP contribution in [0.15, 0.2) is 17.5 Å². The van der Waals surface area contributed by atoms with Gasteiger partial charge in [-0.3, -0.25) is 4.79 Å². The number of rotatable bonds is 6. The Balaban J connectivity index is 2.17. The van der Waals surface area contributed by atoms with Crippen LogP contribution in [0.25, 0.3) is 11.3 Å². The third-order valence-corrected chi connectivity index (χ3v) is 4.21. The number of benzene rings is 1. The third kappa shape index (κ3) is 5.25. The minimum Gasteiger partial charge on any atom is -0.490 e. The maximum Gasteiger partial charge on any atom is 0.392 e. The highest BCUT2D eigenvalue weighted by Crippen LogP contribution is 2.38. The molecule has 0 bridgehead atoms. The summed E-state index contributed by atoms with van der Waals surface area (Å²) in [4.78, 5) is 15.1. The number of ether oxygens (including phenoxy) is 1. The van der Waals surface area contributed by atoms with E-state index < -0.39 is 25.1 Å². The van der Waals surface area contributed by atoms with Crippen LogP contribution in [0.4, 0.5) is 13.2 Å². The summed E-state index contributed by atoms with van der Waals surface area (Å²) < 4.78 is 41.5. The maximum absolute atomic E-state index is 12.2. The van der Waals surface area contributed by atoms with Crippen molar-refractivity contribution in [2.24, 2.45) is 5.73 Å². The highest BCUT2D eigenvalue weighted by Gasteiger charge is 2.27. The van der Waals surface area contributed by atoms with Crippen molar-refractivity contribution in [3.63, 3.8) is 0 Å². The molecule has 1 amide bonds. The van der Waals surface area contributed by atoms with Gasteiger partial charge in [0.15, 0.2) is 5.75 Å². The summed E-state index contributed by atoms with van der Waals surface area (Å²) in [6.07, 6.45) is -5.41. The molecule has 0 aliphatic carbocycles. The number of aromatic nitrogens is 1. The lowest BCUT2D eigenvalue weighted by molar-refractivity contribution is -0.139. The molecule has 10 heteroatoms. The predicted molar refractivity (Wildman–Crippen MR) is 86.6 cm³/mol. The Kier molecular flexibility index (Phi) is 5.95. The first kappa shape index (κ1) is 18.8. The topological polar surface area (TPSA) is 65.2 Å². The monoisotopic (exact) mass is 398 g/mol. The Morgan fingerprint density at radius 1 is 1.29 bits per heavy atom. The average molecular weight is 399 g/mol. The zero-order valence-corrected chi connectivity index (χ0v) is 14.3. The smallest absolute Gasteiger partial charge is 0.392 e.